The maximum atomic E-state index is 12.9. The van der Waals surface area contributed by atoms with Gasteiger partial charge in [0.25, 0.3) is 0 Å². The van der Waals surface area contributed by atoms with Crippen molar-refractivity contribution in [3.63, 3.8) is 0 Å². The van der Waals surface area contributed by atoms with Crippen LogP contribution in [0.1, 0.15) is 42.0 Å². The first kappa shape index (κ1) is 19.0. The van der Waals surface area contributed by atoms with Gasteiger partial charge in [-0.2, -0.15) is 0 Å². The molecule has 1 fully saturated rings. The number of ether oxygens (including phenoxy) is 1. The molecule has 2 aliphatic rings. The number of benzene rings is 2. The molecule has 2 aromatic carbocycles. The number of hydrogen-bond donors (Lipinski definition) is 0. The van der Waals surface area contributed by atoms with Gasteiger partial charge in [-0.25, -0.2) is 0 Å². The normalized spacial score (nSPS) is 17.0. The highest BCUT2D eigenvalue weighted by atomic mass is 16.5. The molecule has 2 aromatic rings. The van der Waals surface area contributed by atoms with Crippen LogP contribution in [0, 0.1) is 0 Å². The van der Waals surface area contributed by atoms with Crippen LogP contribution in [0.2, 0.25) is 0 Å². The van der Waals surface area contributed by atoms with Crippen LogP contribution in [-0.2, 0) is 28.9 Å². The van der Waals surface area contributed by atoms with Gasteiger partial charge in [0, 0.05) is 31.9 Å². The van der Waals surface area contributed by atoms with Crippen LogP contribution < -0.4 is 4.90 Å². The molecule has 2 aliphatic heterocycles. The number of carbonyl (C=O) groups is 1. The summed E-state index contributed by atoms with van der Waals surface area (Å²) in [5.41, 5.74) is 6.36. The maximum Gasteiger partial charge on any atom is 0.227 e. The SMILES string of the molecule is CC(C)c1ccc2c(c1)CN(C(=O)Cc1ccc(N3CCOCC3)cc1)CC2. The molecule has 28 heavy (non-hydrogen) atoms. The first-order chi connectivity index (χ1) is 13.6. The van der Waals surface area contributed by atoms with Crippen LogP contribution in [0.4, 0.5) is 5.69 Å². The minimum Gasteiger partial charge on any atom is -0.378 e. The fourth-order valence-electron chi connectivity index (χ4n) is 4.08. The van der Waals surface area contributed by atoms with Crippen LogP contribution in [0.5, 0.6) is 0 Å². The van der Waals surface area contributed by atoms with Crippen molar-refractivity contribution in [2.45, 2.75) is 39.2 Å². The largest absolute Gasteiger partial charge is 0.378 e. The van der Waals surface area contributed by atoms with E-state index < -0.39 is 0 Å². The zero-order valence-corrected chi connectivity index (χ0v) is 17.0. The fourth-order valence-corrected chi connectivity index (χ4v) is 4.08. The van der Waals surface area contributed by atoms with Crippen molar-refractivity contribution in [3.8, 4) is 0 Å². The first-order valence-corrected chi connectivity index (χ1v) is 10.4. The minimum absolute atomic E-state index is 0.222. The van der Waals surface area contributed by atoms with Crippen LogP contribution in [0.15, 0.2) is 42.5 Å². The van der Waals surface area contributed by atoms with E-state index in [0.29, 0.717) is 12.3 Å². The van der Waals surface area contributed by atoms with E-state index in [9.17, 15) is 4.79 Å². The second-order valence-corrected chi connectivity index (χ2v) is 8.19. The Morgan fingerprint density at radius 1 is 1.00 bits per heavy atom. The average molecular weight is 379 g/mol. The van der Waals surface area contributed by atoms with Gasteiger partial charge in [0.1, 0.15) is 0 Å². The van der Waals surface area contributed by atoms with Gasteiger partial charge >= 0.3 is 0 Å². The number of morpholine rings is 1. The van der Waals surface area contributed by atoms with Crippen molar-refractivity contribution in [2.24, 2.45) is 0 Å². The minimum atomic E-state index is 0.222. The van der Waals surface area contributed by atoms with E-state index in [4.69, 9.17) is 4.74 Å². The summed E-state index contributed by atoms with van der Waals surface area (Å²) in [6, 6.07) is 15.2. The Balaban J connectivity index is 1.39. The summed E-state index contributed by atoms with van der Waals surface area (Å²) in [7, 11) is 0. The lowest BCUT2D eigenvalue weighted by molar-refractivity contribution is -0.131. The second-order valence-electron chi connectivity index (χ2n) is 8.19. The molecule has 148 valence electrons. The van der Waals surface area contributed by atoms with Gasteiger partial charge < -0.3 is 14.5 Å². The lowest BCUT2D eigenvalue weighted by Gasteiger charge is -2.30. The number of carbonyl (C=O) groups excluding carboxylic acids is 1. The summed E-state index contributed by atoms with van der Waals surface area (Å²) in [6.07, 6.45) is 1.43. The Kier molecular flexibility index (Phi) is 5.67. The Morgan fingerprint density at radius 2 is 1.75 bits per heavy atom. The zero-order chi connectivity index (χ0) is 19.5. The molecule has 0 aliphatic carbocycles. The molecule has 0 bridgehead atoms. The van der Waals surface area contributed by atoms with Crippen molar-refractivity contribution in [3.05, 3.63) is 64.7 Å². The Hall–Kier alpha value is -2.33. The van der Waals surface area contributed by atoms with Crippen LogP contribution in [0.3, 0.4) is 0 Å². The first-order valence-electron chi connectivity index (χ1n) is 10.4. The van der Waals surface area contributed by atoms with Crippen molar-refractivity contribution in [1.82, 2.24) is 4.90 Å². The molecule has 0 unspecified atom stereocenters. The molecule has 4 rings (SSSR count). The Morgan fingerprint density at radius 3 is 2.46 bits per heavy atom. The van der Waals surface area contributed by atoms with E-state index in [1.54, 1.807) is 0 Å². The maximum absolute atomic E-state index is 12.9. The number of fused-ring (bicyclic) bond motifs is 1. The van der Waals surface area contributed by atoms with E-state index in [-0.39, 0.29) is 5.91 Å². The molecule has 0 radical (unpaired) electrons. The Bertz CT molecular complexity index is 823. The van der Waals surface area contributed by atoms with E-state index in [2.05, 4.69) is 61.2 Å². The number of anilines is 1. The molecule has 0 spiro atoms. The molecule has 1 saturated heterocycles. The molecule has 0 N–H and O–H groups in total. The molecule has 4 nitrogen and oxygen atoms in total. The van der Waals surface area contributed by atoms with Gasteiger partial charge in [-0.1, -0.05) is 44.2 Å². The van der Waals surface area contributed by atoms with Gasteiger partial charge in [-0.3, -0.25) is 4.79 Å². The van der Waals surface area contributed by atoms with E-state index in [1.807, 2.05) is 4.90 Å². The van der Waals surface area contributed by atoms with Crippen molar-refractivity contribution < 1.29 is 9.53 Å². The summed E-state index contributed by atoms with van der Waals surface area (Å²) in [4.78, 5) is 17.2. The average Bonchev–Trinajstić information content (AvgIpc) is 2.74. The number of amides is 1. The summed E-state index contributed by atoms with van der Waals surface area (Å²) in [6.45, 7) is 9.43. The van der Waals surface area contributed by atoms with Gasteiger partial charge in [0.05, 0.1) is 19.6 Å². The molecule has 0 atom stereocenters. The van der Waals surface area contributed by atoms with Crippen molar-refractivity contribution in [2.75, 3.05) is 37.7 Å². The molecular formula is C24H30N2O2. The van der Waals surface area contributed by atoms with Crippen LogP contribution in [-0.4, -0.2) is 43.7 Å². The molecule has 0 saturated carbocycles. The van der Waals surface area contributed by atoms with E-state index in [0.717, 1.165) is 51.4 Å². The highest BCUT2D eigenvalue weighted by molar-refractivity contribution is 5.79. The second kappa shape index (κ2) is 8.36. The molecule has 1 amide bonds. The van der Waals surface area contributed by atoms with E-state index in [1.165, 1.54) is 22.4 Å². The topological polar surface area (TPSA) is 32.8 Å². The third-order valence-electron chi connectivity index (χ3n) is 5.93. The molecule has 0 aromatic heterocycles. The Labute approximate surface area is 168 Å². The molecule has 4 heteroatoms. The number of rotatable bonds is 4. The summed E-state index contributed by atoms with van der Waals surface area (Å²) >= 11 is 0. The number of nitrogens with zero attached hydrogens (tertiary/aromatic N) is 2. The third kappa shape index (κ3) is 4.22. The predicted octanol–water partition coefficient (Wildman–Crippen LogP) is 3.77. The number of hydrogen-bond acceptors (Lipinski definition) is 3. The lowest BCUT2D eigenvalue weighted by atomic mass is 9.93. The smallest absolute Gasteiger partial charge is 0.227 e. The monoisotopic (exact) mass is 378 g/mol. The third-order valence-corrected chi connectivity index (χ3v) is 5.93. The van der Waals surface area contributed by atoms with E-state index >= 15 is 0 Å². The van der Waals surface area contributed by atoms with Gasteiger partial charge in [0.2, 0.25) is 5.91 Å². The highest BCUT2D eigenvalue weighted by Crippen LogP contribution is 2.25. The van der Waals surface area contributed by atoms with Crippen LogP contribution in [0.25, 0.3) is 0 Å². The fraction of sp³-hybridized carbons (Fsp3) is 0.458. The predicted molar refractivity (Wildman–Crippen MR) is 113 cm³/mol. The van der Waals surface area contributed by atoms with Gasteiger partial charge in [-0.05, 0) is 46.7 Å². The highest BCUT2D eigenvalue weighted by Gasteiger charge is 2.21. The summed E-state index contributed by atoms with van der Waals surface area (Å²) < 4.78 is 5.42. The quantitative estimate of drug-likeness (QED) is 0.812. The lowest BCUT2D eigenvalue weighted by Crippen LogP contribution is -2.37. The van der Waals surface area contributed by atoms with Crippen molar-refractivity contribution in [1.29, 1.82) is 0 Å². The standard InChI is InChI=1S/C24H30N2O2/c1-18(2)21-6-5-20-9-10-26(17-22(20)16-21)24(27)15-19-3-7-23(8-4-19)25-11-13-28-14-12-25/h3-8,16,18H,9-15,17H2,1-2H3. The van der Waals surface area contributed by atoms with Crippen LogP contribution >= 0.6 is 0 Å². The van der Waals surface area contributed by atoms with Gasteiger partial charge in [-0.15, -0.1) is 0 Å². The van der Waals surface area contributed by atoms with Gasteiger partial charge in [0.15, 0.2) is 0 Å². The summed E-state index contributed by atoms with van der Waals surface area (Å²) in [5.74, 6) is 0.737. The summed E-state index contributed by atoms with van der Waals surface area (Å²) in [5, 5.41) is 0. The molecule has 2 heterocycles. The van der Waals surface area contributed by atoms with Crippen molar-refractivity contribution >= 4 is 11.6 Å². The molecular weight excluding hydrogens is 348 g/mol. The zero-order valence-electron chi connectivity index (χ0n) is 17.0.